The Morgan fingerprint density at radius 3 is 2.42 bits per heavy atom. The van der Waals surface area contributed by atoms with Crippen LogP contribution in [-0.4, -0.2) is 20.9 Å². The van der Waals surface area contributed by atoms with Crippen molar-refractivity contribution in [2.75, 3.05) is 6.61 Å². The van der Waals surface area contributed by atoms with Gasteiger partial charge in [0.15, 0.2) is 6.61 Å². The molecule has 2 rings (SSSR count). The lowest BCUT2D eigenvalue weighted by molar-refractivity contribution is -0.123. The van der Waals surface area contributed by atoms with Gasteiger partial charge in [0.1, 0.15) is 5.75 Å². The Morgan fingerprint density at radius 2 is 1.79 bits per heavy atom. The van der Waals surface area contributed by atoms with E-state index < -0.39 is 10.0 Å². The molecule has 0 aromatic heterocycles. The molecular weight excluding hydrogens is 328 g/mol. The molecule has 0 fully saturated rings. The highest BCUT2D eigenvalue weighted by atomic mass is 32.2. The zero-order chi connectivity index (χ0) is 17.7. The Morgan fingerprint density at radius 1 is 1.12 bits per heavy atom. The third-order valence-corrected chi connectivity index (χ3v) is 4.37. The van der Waals surface area contributed by atoms with Crippen molar-refractivity contribution in [3.63, 3.8) is 0 Å². The van der Waals surface area contributed by atoms with Gasteiger partial charge >= 0.3 is 0 Å². The maximum absolute atomic E-state index is 11.9. The smallest absolute Gasteiger partial charge is 0.258 e. The number of rotatable bonds is 6. The van der Waals surface area contributed by atoms with Crippen molar-refractivity contribution in [1.29, 1.82) is 0 Å². The molecule has 0 saturated heterocycles. The van der Waals surface area contributed by atoms with Crippen LogP contribution in [0.1, 0.15) is 16.7 Å². The van der Waals surface area contributed by atoms with Crippen LogP contribution in [0.5, 0.6) is 5.75 Å². The predicted octanol–water partition coefficient (Wildman–Crippen LogP) is 1.65. The molecule has 6 nitrogen and oxygen atoms in total. The molecule has 0 unspecified atom stereocenters. The van der Waals surface area contributed by atoms with Crippen LogP contribution in [0.25, 0.3) is 0 Å². The Labute approximate surface area is 141 Å². The first-order chi connectivity index (χ1) is 11.3. The van der Waals surface area contributed by atoms with Crippen LogP contribution in [0, 0.1) is 13.8 Å². The number of carbonyl (C=O) groups excluding carboxylic acids is 1. The van der Waals surface area contributed by atoms with Crippen molar-refractivity contribution in [3.8, 4) is 5.75 Å². The average molecular weight is 348 g/mol. The summed E-state index contributed by atoms with van der Waals surface area (Å²) in [6.45, 7) is 4.07. The summed E-state index contributed by atoms with van der Waals surface area (Å²) in [5.41, 5.74) is 2.79. The van der Waals surface area contributed by atoms with E-state index in [2.05, 4.69) is 5.32 Å². The lowest BCUT2D eigenvalue weighted by atomic mass is 10.1. The fourth-order valence-corrected chi connectivity index (χ4v) is 2.57. The largest absolute Gasteiger partial charge is 0.483 e. The molecule has 128 valence electrons. The van der Waals surface area contributed by atoms with Crippen molar-refractivity contribution >= 4 is 15.9 Å². The van der Waals surface area contributed by atoms with Crippen LogP contribution in [0.15, 0.2) is 47.4 Å². The van der Waals surface area contributed by atoms with Crippen LogP contribution >= 0.6 is 0 Å². The average Bonchev–Trinajstić information content (AvgIpc) is 2.53. The molecule has 2 aromatic rings. The highest BCUT2D eigenvalue weighted by Gasteiger charge is 2.08. The van der Waals surface area contributed by atoms with Crippen LogP contribution in [-0.2, 0) is 21.4 Å². The molecule has 0 aliphatic heterocycles. The van der Waals surface area contributed by atoms with Crippen molar-refractivity contribution < 1.29 is 17.9 Å². The third kappa shape index (κ3) is 5.07. The first-order valence-corrected chi connectivity index (χ1v) is 8.89. The van der Waals surface area contributed by atoms with Gasteiger partial charge in [0.05, 0.1) is 4.90 Å². The molecule has 24 heavy (non-hydrogen) atoms. The van der Waals surface area contributed by atoms with Gasteiger partial charge in [-0.15, -0.1) is 0 Å². The number of hydrogen-bond donors (Lipinski definition) is 2. The van der Waals surface area contributed by atoms with Gasteiger partial charge in [-0.3, -0.25) is 4.79 Å². The summed E-state index contributed by atoms with van der Waals surface area (Å²) in [4.78, 5) is 11.9. The van der Waals surface area contributed by atoms with Gasteiger partial charge < -0.3 is 10.1 Å². The number of hydrogen-bond acceptors (Lipinski definition) is 4. The van der Waals surface area contributed by atoms with Crippen LogP contribution in [0.4, 0.5) is 0 Å². The summed E-state index contributed by atoms with van der Waals surface area (Å²) in [6, 6.07) is 11.8. The SMILES string of the molecule is Cc1ccc(C)c(OCC(=O)NCc2ccc(S(N)(=O)=O)cc2)c1. The lowest BCUT2D eigenvalue weighted by Gasteiger charge is -2.10. The molecule has 3 N–H and O–H groups in total. The molecule has 0 aliphatic rings. The number of nitrogens with one attached hydrogen (secondary N) is 1. The molecule has 0 saturated carbocycles. The highest BCUT2D eigenvalue weighted by molar-refractivity contribution is 7.89. The van der Waals surface area contributed by atoms with Gasteiger partial charge in [-0.1, -0.05) is 24.3 Å². The quantitative estimate of drug-likeness (QED) is 0.829. The van der Waals surface area contributed by atoms with Crippen molar-refractivity contribution in [2.45, 2.75) is 25.3 Å². The highest BCUT2D eigenvalue weighted by Crippen LogP contribution is 2.18. The number of ether oxygens (including phenoxy) is 1. The van der Waals surface area contributed by atoms with Gasteiger partial charge in [0.2, 0.25) is 10.0 Å². The van der Waals surface area contributed by atoms with Crippen molar-refractivity contribution in [1.82, 2.24) is 5.32 Å². The van der Waals surface area contributed by atoms with E-state index in [1.54, 1.807) is 12.1 Å². The van der Waals surface area contributed by atoms with Gasteiger partial charge in [0, 0.05) is 6.54 Å². The van der Waals surface area contributed by atoms with Crippen LogP contribution in [0.3, 0.4) is 0 Å². The monoisotopic (exact) mass is 348 g/mol. The Balaban J connectivity index is 1.86. The van der Waals surface area contributed by atoms with Gasteiger partial charge in [-0.05, 0) is 48.7 Å². The molecule has 0 heterocycles. The van der Waals surface area contributed by atoms with Crippen LogP contribution in [0.2, 0.25) is 0 Å². The standard InChI is InChI=1S/C17H20N2O4S/c1-12-3-4-13(2)16(9-12)23-11-17(20)19-10-14-5-7-15(8-6-14)24(18,21)22/h3-9H,10-11H2,1-2H3,(H,19,20)(H2,18,21,22). The number of aryl methyl sites for hydroxylation is 2. The number of nitrogens with two attached hydrogens (primary N) is 1. The minimum atomic E-state index is -3.71. The molecular formula is C17H20N2O4S. The van der Waals surface area contributed by atoms with E-state index in [-0.39, 0.29) is 24.0 Å². The van der Waals surface area contributed by atoms with Gasteiger partial charge in [-0.25, -0.2) is 13.6 Å². The number of amides is 1. The Bertz CT molecular complexity index is 830. The molecule has 0 spiro atoms. The van der Waals surface area contributed by atoms with E-state index in [1.807, 2.05) is 32.0 Å². The predicted molar refractivity (Wildman–Crippen MR) is 91.1 cm³/mol. The van der Waals surface area contributed by atoms with E-state index in [9.17, 15) is 13.2 Å². The summed E-state index contributed by atoms with van der Waals surface area (Å²) in [5, 5.41) is 7.75. The molecule has 0 bridgehead atoms. The molecule has 2 aromatic carbocycles. The van der Waals surface area contributed by atoms with E-state index in [1.165, 1.54) is 12.1 Å². The normalized spacial score (nSPS) is 11.1. The zero-order valence-corrected chi connectivity index (χ0v) is 14.4. The zero-order valence-electron chi connectivity index (χ0n) is 13.6. The molecule has 1 amide bonds. The van der Waals surface area contributed by atoms with Crippen molar-refractivity contribution in [3.05, 3.63) is 59.2 Å². The van der Waals surface area contributed by atoms with Crippen molar-refractivity contribution in [2.24, 2.45) is 5.14 Å². The second kappa shape index (κ2) is 7.46. The fourth-order valence-electron chi connectivity index (χ4n) is 2.05. The minimum absolute atomic E-state index is 0.0378. The number of benzene rings is 2. The Kier molecular flexibility index (Phi) is 5.58. The van der Waals surface area contributed by atoms with Gasteiger partial charge in [-0.2, -0.15) is 0 Å². The van der Waals surface area contributed by atoms with E-state index in [4.69, 9.17) is 9.88 Å². The van der Waals surface area contributed by atoms with Crippen LogP contribution < -0.4 is 15.2 Å². The molecule has 0 atom stereocenters. The molecule has 0 radical (unpaired) electrons. The van der Waals surface area contributed by atoms with E-state index in [0.29, 0.717) is 5.75 Å². The fraction of sp³-hybridized carbons (Fsp3) is 0.235. The third-order valence-electron chi connectivity index (χ3n) is 3.44. The first kappa shape index (κ1) is 18.0. The number of sulfonamides is 1. The van der Waals surface area contributed by atoms with E-state index in [0.717, 1.165) is 16.7 Å². The molecule has 7 heteroatoms. The summed E-state index contributed by atoms with van der Waals surface area (Å²) < 4.78 is 27.9. The summed E-state index contributed by atoms with van der Waals surface area (Å²) in [6.07, 6.45) is 0. The number of carbonyl (C=O) groups is 1. The summed E-state index contributed by atoms with van der Waals surface area (Å²) in [7, 11) is -3.71. The topological polar surface area (TPSA) is 98.5 Å². The maximum atomic E-state index is 11.9. The minimum Gasteiger partial charge on any atom is -0.483 e. The summed E-state index contributed by atoms with van der Waals surface area (Å²) >= 11 is 0. The van der Waals surface area contributed by atoms with Gasteiger partial charge in [0.25, 0.3) is 5.91 Å². The lowest BCUT2D eigenvalue weighted by Crippen LogP contribution is -2.28. The molecule has 0 aliphatic carbocycles. The second-order valence-corrected chi connectivity index (χ2v) is 7.08. The Hall–Kier alpha value is -2.38. The summed E-state index contributed by atoms with van der Waals surface area (Å²) in [5.74, 6) is 0.425. The second-order valence-electron chi connectivity index (χ2n) is 5.52. The van der Waals surface area contributed by atoms with E-state index >= 15 is 0 Å². The first-order valence-electron chi connectivity index (χ1n) is 7.34. The maximum Gasteiger partial charge on any atom is 0.258 e. The number of primary sulfonamides is 1.